The zero-order chi connectivity index (χ0) is 22.0. The highest BCUT2D eigenvalue weighted by molar-refractivity contribution is 6.30. The van der Waals surface area contributed by atoms with Crippen molar-refractivity contribution in [1.82, 2.24) is 4.90 Å². The Balaban J connectivity index is 1.33. The first-order chi connectivity index (χ1) is 15.5. The Labute approximate surface area is 191 Å². The van der Waals surface area contributed by atoms with Gasteiger partial charge < -0.3 is 5.32 Å². The summed E-state index contributed by atoms with van der Waals surface area (Å²) in [6.07, 6.45) is 5.68. The van der Waals surface area contributed by atoms with E-state index in [9.17, 15) is 14.4 Å². The van der Waals surface area contributed by atoms with Crippen molar-refractivity contribution < 1.29 is 14.4 Å². The molecule has 5 nitrogen and oxygen atoms in total. The van der Waals surface area contributed by atoms with E-state index in [1.54, 1.807) is 24.3 Å². The number of allylic oxidation sites excluding steroid dienone is 2. The fraction of sp³-hybridized carbons (Fsp3) is 0.346. The van der Waals surface area contributed by atoms with Crippen molar-refractivity contribution in [2.24, 2.45) is 35.5 Å². The van der Waals surface area contributed by atoms with Crippen LogP contribution >= 0.6 is 11.6 Å². The number of benzene rings is 2. The first-order valence-electron chi connectivity index (χ1n) is 11.2. The molecule has 7 atom stereocenters. The largest absolute Gasteiger partial charge is 0.324 e. The molecule has 2 bridgehead atoms. The van der Waals surface area contributed by atoms with E-state index < -0.39 is 6.04 Å². The smallest absolute Gasteiger partial charge is 0.248 e. The van der Waals surface area contributed by atoms with Gasteiger partial charge in [0.25, 0.3) is 0 Å². The molecular formula is C26H23ClN2O3. The summed E-state index contributed by atoms with van der Waals surface area (Å²) in [5.41, 5.74) is 1.44. The van der Waals surface area contributed by atoms with Gasteiger partial charge in [-0.2, -0.15) is 0 Å². The van der Waals surface area contributed by atoms with Crippen LogP contribution in [0.1, 0.15) is 12.0 Å². The highest BCUT2D eigenvalue weighted by atomic mass is 35.5. The molecule has 0 unspecified atom stereocenters. The number of hydrogen-bond acceptors (Lipinski definition) is 3. The second-order valence-electron chi connectivity index (χ2n) is 9.41. The van der Waals surface area contributed by atoms with E-state index in [1.165, 1.54) is 4.90 Å². The fourth-order valence-electron chi connectivity index (χ4n) is 6.22. The van der Waals surface area contributed by atoms with Crippen LogP contribution in [0.25, 0.3) is 0 Å². The number of hydrogen-bond donors (Lipinski definition) is 1. The summed E-state index contributed by atoms with van der Waals surface area (Å²) in [5.74, 6) is -0.0843. The molecule has 162 valence electrons. The lowest BCUT2D eigenvalue weighted by Crippen LogP contribution is -2.49. The number of nitrogens with zero attached hydrogens (tertiary/aromatic N) is 1. The van der Waals surface area contributed by atoms with Crippen LogP contribution in [0, 0.1) is 35.5 Å². The van der Waals surface area contributed by atoms with Crippen molar-refractivity contribution in [2.75, 3.05) is 5.32 Å². The number of likely N-dealkylation sites (tertiary alicyclic amines) is 1. The molecule has 7 rings (SSSR count). The van der Waals surface area contributed by atoms with Gasteiger partial charge in [-0.3, -0.25) is 19.3 Å². The van der Waals surface area contributed by atoms with Gasteiger partial charge in [-0.15, -0.1) is 0 Å². The summed E-state index contributed by atoms with van der Waals surface area (Å²) in [7, 11) is 0. The van der Waals surface area contributed by atoms with E-state index in [0.717, 1.165) is 12.0 Å². The van der Waals surface area contributed by atoms with Crippen LogP contribution in [0.15, 0.2) is 66.7 Å². The minimum atomic E-state index is -0.905. The number of nitrogens with one attached hydrogen (secondary N) is 1. The summed E-state index contributed by atoms with van der Waals surface area (Å²) < 4.78 is 0. The Morgan fingerprint density at radius 2 is 1.62 bits per heavy atom. The molecule has 0 aromatic heterocycles. The van der Waals surface area contributed by atoms with Crippen molar-refractivity contribution in [3.05, 3.63) is 77.3 Å². The molecule has 6 heteroatoms. The number of carbonyl (C=O) groups is 3. The molecule has 5 aliphatic rings. The SMILES string of the molecule is O=C(Nc1cccc(Cl)c1)[C@H](Cc1ccccc1)N1C(=O)[C@@H]2[C@@H]3C=C[C@H]([C@H]4C[C@H]34)[C@@H]2C1=O. The van der Waals surface area contributed by atoms with E-state index in [0.29, 0.717) is 22.5 Å². The second kappa shape index (κ2) is 7.31. The third-order valence-corrected chi connectivity index (χ3v) is 7.91. The first-order valence-corrected chi connectivity index (χ1v) is 11.6. The summed E-state index contributed by atoms with van der Waals surface area (Å²) in [4.78, 5) is 42.0. The van der Waals surface area contributed by atoms with E-state index in [-0.39, 0.29) is 47.8 Å². The maximum atomic E-state index is 13.6. The van der Waals surface area contributed by atoms with Crippen LogP contribution in [0.4, 0.5) is 5.69 Å². The van der Waals surface area contributed by atoms with Crippen molar-refractivity contribution >= 4 is 35.0 Å². The van der Waals surface area contributed by atoms with Crippen LogP contribution in [-0.2, 0) is 20.8 Å². The van der Waals surface area contributed by atoms with E-state index >= 15 is 0 Å². The monoisotopic (exact) mass is 446 g/mol. The number of imide groups is 1. The maximum absolute atomic E-state index is 13.6. The minimum Gasteiger partial charge on any atom is -0.324 e. The molecule has 1 heterocycles. The lowest BCUT2D eigenvalue weighted by molar-refractivity contribution is -0.146. The highest BCUT2D eigenvalue weighted by Gasteiger charge is 2.67. The van der Waals surface area contributed by atoms with Crippen LogP contribution in [0.3, 0.4) is 0 Å². The molecule has 3 fully saturated rings. The molecule has 2 aromatic rings. The molecule has 2 aromatic carbocycles. The van der Waals surface area contributed by atoms with Gasteiger partial charge in [-0.1, -0.05) is 60.2 Å². The molecule has 4 aliphatic carbocycles. The molecular weight excluding hydrogens is 424 g/mol. The highest BCUT2D eigenvalue weighted by Crippen LogP contribution is 2.65. The van der Waals surface area contributed by atoms with Crippen LogP contribution < -0.4 is 5.32 Å². The van der Waals surface area contributed by atoms with E-state index in [2.05, 4.69) is 17.5 Å². The summed E-state index contributed by atoms with van der Waals surface area (Å²) in [6, 6.07) is 15.5. The Kier molecular flexibility index (Phi) is 4.51. The minimum absolute atomic E-state index is 0.129. The molecule has 1 saturated heterocycles. The third kappa shape index (κ3) is 3.02. The first kappa shape index (κ1) is 19.7. The summed E-state index contributed by atoms with van der Waals surface area (Å²) in [5, 5.41) is 3.38. The van der Waals surface area contributed by atoms with E-state index in [1.807, 2.05) is 30.3 Å². The third-order valence-electron chi connectivity index (χ3n) is 7.68. The van der Waals surface area contributed by atoms with Crippen LogP contribution in [0.5, 0.6) is 0 Å². The Morgan fingerprint density at radius 1 is 0.969 bits per heavy atom. The zero-order valence-electron chi connectivity index (χ0n) is 17.4. The number of anilines is 1. The topological polar surface area (TPSA) is 66.5 Å². The van der Waals surface area contributed by atoms with Gasteiger partial charge in [0.05, 0.1) is 11.8 Å². The van der Waals surface area contributed by atoms with Crippen LogP contribution in [0.2, 0.25) is 5.02 Å². The number of rotatable bonds is 5. The van der Waals surface area contributed by atoms with Gasteiger partial charge in [-0.25, -0.2) is 0 Å². The van der Waals surface area contributed by atoms with E-state index in [4.69, 9.17) is 11.6 Å². The van der Waals surface area contributed by atoms with Crippen molar-refractivity contribution in [3.63, 3.8) is 0 Å². The quantitative estimate of drug-likeness (QED) is 0.558. The zero-order valence-corrected chi connectivity index (χ0v) is 18.1. The second-order valence-corrected chi connectivity index (χ2v) is 9.84. The molecule has 32 heavy (non-hydrogen) atoms. The number of carbonyl (C=O) groups excluding carboxylic acids is 3. The summed E-state index contributed by atoms with van der Waals surface area (Å²) in [6.45, 7) is 0. The van der Waals surface area contributed by atoms with Gasteiger partial charge >= 0.3 is 0 Å². The van der Waals surface area contributed by atoms with Crippen LogP contribution in [-0.4, -0.2) is 28.7 Å². The Morgan fingerprint density at radius 3 is 2.25 bits per heavy atom. The Hall–Kier alpha value is -2.92. The standard InChI is InChI=1S/C26H23ClN2O3/c27-15-7-4-8-16(12-15)28-24(30)21(11-14-5-2-1-3-6-14)29-25(31)22-17-9-10-18(20-13-19(17)20)23(22)26(29)32/h1-10,12,17-23H,11,13H2,(H,28,30)/t17-,18-,19-,20-,21+,22-,23+/m1/s1. The molecule has 1 aliphatic heterocycles. The fourth-order valence-corrected chi connectivity index (χ4v) is 6.41. The molecule has 1 N–H and O–H groups in total. The van der Waals surface area contributed by atoms with Gasteiger partial charge in [-0.05, 0) is 53.9 Å². The molecule has 2 saturated carbocycles. The number of amides is 3. The van der Waals surface area contributed by atoms with Crippen molar-refractivity contribution in [3.8, 4) is 0 Å². The maximum Gasteiger partial charge on any atom is 0.248 e. The lowest BCUT2D eigenvalue weighted by Gasteiger charge is -2.37. The van der Waals surface area contributed by atoms with Crippen molar-refractivity contribution in [2.45, 2.75) is 18.9 Å². The predicted octanol–water partition coefficient (Wildman–Crippen LogP) is 3.94. The van der Waals surface area contributed by atoms with Gasteiger partial charge in [0, 0.05) is 17.1 Å². The lowest BCUT2D eigenvalue weighted by atomic mass is 9.63. The number of halogens is 1. The summed E-state index contributed by atoms with van der Waals surface area (Å²) >= 11 is 6.07. The molecule has 3 amide bonds. The van der Waals surface area contributed by atoms with Gasteiger partial charge in [0.2, 0.25) is 17.7 Å². The average molecular weight is 447 g/mol. The predicted molar refractivity (Wildman–Crippen MR) is 121 cm³/mol. The normalized spacial score (nSPS) is 32.5. The van der Waals surface area contributed by atoms with Gasteiger partial charge in [0.1, 0.15) is 6.04 Å². The molecule has 0 spiro atoms. The van der Waals surface area contributed by atoms with Gasteiger partial charge in [0.15, 0.2) is 0 Å². The Bertz CT molecular complexity index is 1110. The van der Waals surface area contributed by atoms with Crippen molar-refractivity contribution in [1.29, 1.82) is 0 Å². The average Bonchev–Trinajstić information content (AvgIpc) is 3.57. The molecule has 0 radical (unpaired) electrons.